The Morgan fingerprint density at radius 1 is 0.973 bits per heavy atom. The monoisotopic (exact) mass is 501 g/mol. The Kier molecular flexibility index (Phi) is 8.40. The maximum atomic E-state index is 13.2. The van der Waals surface area contributed by atoms with E-state index in [1.165, 1.54) is 4.90 Å². The first-order valence-electron chi connectivity index (χ1n) is 12.3. The van der Waals surface area contributed by atoms with Gasteiger partial charge in [-0.2, -0.15) is 0 Å². The number of carbonyl (C=O) groups excluding carboxylic acids is 3. The second-order valence-corrected chi connectivity index (χ2v) is 8.85. The molecule has 0 aliphatic carbocycles. The number of benzene rings is 3. The number of methoxy groups -OCH3 is 1. The molecule has 1 aliphatic rings. The minimum atomic E-state index is -0.844. The first-order chi connectivity index (χ1) is 18.0. The molecule has 3 amide bonds. The van der Waals surface area contributed by atoms with Crippen LogP contribution in [-0.4, -0.2) is 42.5 Å². The van der Waals surface area contributed by atoms with Crippen LogP contribution in [0.5, 0.6) is 5.75 Å². The van der Waals surface area contributed by atoms with Gasteiger partial charge in [0.05, 0.1) is 20.1 Å². The number of rotatable bonds is 10. The van der Waals surface area contributed by atoms with Crippen molar-refractivity contribution in [1.29, 1.82) is 0 Å². The third-order valence-electron chi connectivity index (χ3n) is 6.12. The lowest BCUT2D eigenvalue weighted by atomic mass is 10.00. The number of anilines is 1. The highest BCUT2D eigenvalue weighted by atomic mass is 16.6. The zero-order chi connectivity index (χ0) is 26.2. The number of ether oxygens (including phenoxy) is 2. The Balaban J connectivity index is 1.51. The van der Waals surface area contributed by atoms with Gasteiger partial charge in [-0.15, -0.1) is 0 Å². The fraction of sp³-hybridized carbons (Fsp3) is 0.276. The lowest BCUT2D eigenvalue weighted by Crippen LogP contribution is -2.46. The summed E-state index contributed by atoms with van der Waals surface area (Å²) in [5.74, 6) is 0.256. The molecule has 1 saturated heterocycles. The molecule has 0 aromatic heterocycles. The molecule has 0 spiro atoms. The Labute approximate surface area is 216 Å². The molecule has 2 unspecified atom stereocenters. The SMILES string of the molecule is CCCNC(=O)C1C(c2ccc(NC(=O)Cc3ccccc3)cc2)OC(=O)N1Cc1cccc(OC)c1. The van der Waals surface area contributed by atoms with Crippen LogP contribution in [0.3, 0.4) is 0 Å². The molecule has 192 valence electrons. The maximum absolute atomic E-state index is 13.2. The summed E-state index contributed by atoms with van der Waals surface area (Å²) >= 11 is 0. The molecule has 3 aromatic rings. The van der Waals surface area contributed by atoms with Gasteiger partial charge in [0.25, 0.3) is 0 Å². The standard InChI is InChI=1S/C29H31N3O5/c1-3-16-30-28(34)26-27(37-29(35)32(26)19-21-10-7-11-24(17-21)36-2)22-12-14-23(15-13-22)31-25(33)18-20-8-5-4-6-9-20/h4-15,17,26-27H,3,16,18-19H2,1-2H3,(H,30,34)(H,31,33). The molecule has 4 rings (SSSR count). The summed E-state index contributed by atoms with van der Waals surface area (Å²) in [5, 5.41) is 5.78. The van der Waals surface area contributed by atoms with Crippen molar-refractivity contribution in [2.45, 2.75) is 38.5 Å². The van der Waals surface area contributed by atoms with Gasteiger partial charge in [0.2, 0.25) is 11.8 Å². The normalized spacial score (nSPS) is 16.7. The molecule has 0 bridgehead atoms. The van der Waals surface area contributed by atoms with Crippen LogP contribution in [0.1, 0.15) is 36.1 Å². The molecule has 1 fully saturated rings. The van der Waals surface area contributed by atoms with E-state index in [4.69, 9.17) is 9.47 Å². The summed E-state index contributed by atoms with van der Waals surface area (Å²) in [5.41, 5.74) is 3.03. The zero-order valence-electron chi connectivity index (χ0n) is 21.0. The van der Waals surface area contributed by atoms with Crippen LogP contribution in [0, 0.1) is 0 Å². The first-order valence-corrected chi connectivity index (χ1v) is 12.3. The van der Waals surface area contributed by atoms with E-state index in [2.05, 4.69) is 10.6 Å². The highest BCUT2D eigenvalue weighted by Crippen LogP contribution is 2.35. The molecule has 1 aliphatic heterocycles. The highest BCUT2D eigenvalue weighted by Gasteiger charge is 2.46. The van der Waals surface area contributed by atoms with Crippen molar-refractivity contribution in [2.24, 2.45) is 0 Å². The van der Waals surface area contributed by atoms with Crippen LogP contribution in [0.4, 0.5) is 10.5 Å². The molecule has 8 nitrogen and oxygen atoms in total. The molecule has 8 heteroatoms. The third kappa shape index (κ3) is 6.46. The van der Waals surface area contributed by atoms with E-state index in [1.807, 2.05) is 61.5 Å². The van der Waals surface area contributed by atoms with Crippen LogP contribution in [0.25, 0.3) is 0 Å². The second kappa shape index (κ2) is 12.1. The number of hydrogen-bond donors (Lipinski definition) is 2. The number of nitrogens with zero attached hydrogens (tertiary/aromatic N) is 1. The summed E-state index contributed by atoms with van der Waals surface area (Å²) in [6, 6.07) is 23.0. The van der Waals surface area contributed by atoms with Crippen LogP contribution in [0.2, 0.25) is 0 Å². The molecule has 2 atom stereocenters. The van der Waals surface area contributed by atoms with Gasteiger partial charge in [-0.25, -0.2) is 4.79 Å². The average molecular weight is 502 g/mol. The highest BCUT2D eigenvalue weighted by molar-refractivity contribution is 5.92. The zero-order valence-corrected chi connectivity index (χ0v) is 21.0. The fourth-order valence-corrected chi connectivity index (χ4v) is 4.27. The summed E-state index contributed by atoms with van der Waals surface area (Å²) in [6.45, 7) is 2.66. The number of carbonyl (C=O) groups is 3. The molecule has 0 radical (unpaired) electrons. The minimum Gasteiger partial charge on any atom is -0.497 e. The Morgan fingerprint density at radius 3 is 2.41 bits per heavy atom. The van der Waals surface area contributed by atoms with Gasteiger partial charge in [0.15, 0.2) is 12.1 Å². The topological polar surface area (TPSA) is 97.0 Å². The molecule has 1 heterocycles. The molecule has 37 heavy (non-hydrogen) atoms. The molecule has 2 N–H and O–H groups in total. The van der Waals surface area contributed by atoms with Crippen LogP contribution < -0.4 is 15.4 Å². The third-order valence-corrected chi connectivity index (χ3v) is 6.12. The van der Waals surface area contributed by atoms with Crippen molar-refractivity contribution in [3.05, 3.63) is 95.6 Å². The largest absolute Gasteiger partial charge is 0.497 e. The van der Waals surface area contributed by atoms with Gasteiger partial charge in [-0.1, -0.05) is 61.5 Å². The average Bonchev–Trinajstić information content (AvgIpc) is 3.24. The van der Waals surface area contributed by atoms with Gasteiger partial charge >= 0.3 is 6.09 Å². The predicted molar refractivity (Wildman–Crippen MR) is 140 cm³/mol. The molecule has 0 saturated carbocycles. The van der Waals surface area contributed by atoms with E-state index in [-0.39, 0.29) is 24.8 Å². The first kappa shape index (κ1) is 25.8. The minimum absolute atomic E-state index is 0.132. The number of cyclic esters (lactones) is 1. The van der Waals surface area contributed by atoms with E-state index in [9.17, 15) is 14.4 Å². The van der Waals surface area contributed by atoms with Gasteiger partial charge in [0.1, 0.15) is 5.75 Å². The summed E-state index contributed by atoms with van der Waals surface area (Å²) in [4.78, 5) is 40.0. The van der Waals surface area contributed by atoms with Crippen LogP contribution >= 0.6 is 0 Å². The number of amides is 3. The van der Waals surface area contributed by atoms with Gasteiger partial charge in [0, 0.05) is 12.2 Å². The van der Waals surface area contributed by atoms with E-state index in [0.717, 1.165) is 17.5 Å². The second-order valence-electron chi connectivity index (χ2n) is 8.85. The van der Waals surface area contributed by atoms with Crippen LogP contribution in [0.15, 0.2) is 78.9 Å². The van der Waals surface area contributed by atoms with E-state index in [1.54, 1.807) is 31.4 Å². The number of nitrogens with one attached hydrogen (secondary N) is 2. The van der Waals surface area contributed by atoms with E-state index < -0.39 is 18.2 Å². The molecule has 3 aromatic carbocycles. The Morgan fingerprint density at radius 2 is 1.70 bits per heavy atom. The van der Waals surface area contributed by atoms with Crippen LogP contribution in [-0.2, 0) is 27.3 Å². The van der Waals surface area contributed by atoms with Gasteiger partial charge in [-0.3, -0.25) is 14.5 Å². The molecular weight excluding hydrogens is 470 g/mol. The Hall–Kier alpha value is -4.33. The summed E-state index contributed by atoms with van der Waals surface area (Å²) in [6.07, 6.45) is -0.318. The lowest BCUT2D eigenvalue weighted by Gasteiger charge is -2.24. The smallest absolute Gasteiger partial charge is 0.411 e. The van der Waals surface area contributed by atoms with Crippen molar-refractivity contribution < 1.29 is 23.9 Å². The molecular formula is C29H31N3O5. The van der Waals surface area contributed by atoms with Crippen molar-refractivity contribution >= 4 is 23.6 Å². The van der Waals surface area contributed by atoms with E-state index >= 15 is 0 Å². The Bertz CT molecular complexity index is 1230. The van der Waals surface area contributed by atoms with Crippen molar-refractivity contribution in [3.8, 4) is 5.75 Å². The maximum Gasteiger partial charge on any atom is 0.411 e. The van der Waals surface area contributed by atoms with Gasteiger partial charge < -0.3 is 20.1 Å². The lowest BCUT2D eigenvalue weighted by molar-refractivity contribution is -0.126. The van der Waals surface area contributed by atoms with Crippen molar-refractivity contribution in [2.75, 3.05) is 19.0 Å². The van der Waals surface area contributed by atoms with E-state index in [0.29, 0.717) is 23.5 Å². The van der Waals surface area contributed by atoms with Crippen molar-refractivity contribution in [3.63, 3.8) is 0 Å². The summed E-state index contributed by atoms with van der Waals surface area (Å²) in [7, 11) is 1.58. The van der Waals surface area contributed by atoms with Gasteiger partial charge in [-0.05, 0) is 47.4 Å². The summed E-state index contributed by atoms with van der Waals surface area (Å²) < 4.78 is 11.0. The quantitative estimate of drug-likeness (QED) is 0.427. The fourth-order valence-electron chi connectivity index (χ4n) is 4.27. The number of hydrogen-bond acceptors (Lipinski definition) is 5. The van der Waals surface area contributed by atoms with Crippen molar-refractivity contribution in [1.82, 2.24) is 10.2 Å². The predicted octanol–water partition coefficient (Wildman–Crippen LogP) is 4.46.